The largest absolute Gasteiger partial charge is 0.354 e. The Morgan fingerprint density at radius 2 is 1.98 bits per heavy atom. The smallest absolute Gasteiger partial charge is 0.234 e. The minimum atomic E-state index is -0.249. The van der Waals surface area contributed by atoms with E-state index in [2.05, 4.69) is 25.1 Å². The number of carbonyl (C=O) groups excluding carboxylic acids is 1. The lowest BCUT2D eigenvalue weighted by Gasteiger charge is -2.35. The van der Waals surface area contributed by atoms with Crippen LogP contribution in [-0.4, -0.2) is 81.8 Å². The van der Waals surface area contributed by atoms with Crippen LogP contribution >= 0.6 is 0 Å². The Morgan fingerprint density at radius 3 is 2.75 bits per heavy atom. The zero-order valence-corrected chi connectivity index (χ0v) is 23.1. The maximum absolute atomic E-state index is 13.8. The SMILES string of the molecule is CC(C)NC(=O)CN1CCN(c2cccc(-c3cnc(/C=C\C(=N)N4CCCC4c4cccc(F)c4)[nH]3)n2)CC1. The Balaban J connectivity index is 1.19. The summed E-state index contributed by atoms with van der Waals surface area (Å²) in [5.41, 5.74) is 2.50. The van der Waals surface area contributed by atoms with Gasteiger partial charge in [0.15, 0.2) is 0 Å². The van der Waals surface area contributed by atoms with Crippen LogP contribution in [0.4, 0.5) is 10.2 Å². The van der Waals surface area contributed by atoms with Gasteiger partial charge in [0.25, 0.3) is 0 Å². The maximum Gasteiger partial charge on any atom is 0.234 e. The van der Waals surface area contributed by atoms with E-state index in [0.717, 1.165) is 68.3 Å². The number of piperazine rings is 1. The van der Waals surface area contributed by atoms with Crippen molar-refractivity contribution in [3.8, 4) is 11.4 Å². The van der Waals surface area contributed by atoms with Crippen LogP contribution in [0.5, 0.6) is 0 Å². The Bertz CT molecular complexity index is 1360. The zero-order valence-electron chi connectivity index (χ0n) is 23.1. The molecule has 2 fully saturated rings. The van der Waals surface area contributed by atoms with Gasteiger partial charge in [-0.3, -0.25) is 15.1 Å². The molecule has 1 amide bonds. The van der Waals surface area contributed by atoms with Crippen molar-refractivity contribution < 1.29 is 9.18 Å². The predicted molar refractivity (Wildman–Crippen MR) is 156 cm³/mol. The highest BCUT2D eigenvalue weighted by Gasteiger charge is 2.27. The van der Waals surface area contributed by atoms with E-state index in [1.54, 1.807) is 30.5 Å². The number of likely N-dealkylation sites (tertiary alicyclic amines) is 1. The molecule has 5 rings (SSSR count). The lowest BCUT2D eigenvalue weighted by Crippen LogP contribution is -2.50. The van der Waals surface area contributed by atoms with Gasteiger partial charge in [-0.25, -0.2) is 14.4 Å². The third kappa shape index (κ3) is 6.74. The summed E-state index contributed by atoms with van der Waals surface area (Å²) >= 11 is 0. The molecule has 0 spiro atoms. The average molecular weight is 545 g/mol. The Labute approximate surface area is 234 Å². The first-order chi connectivity index (χ1) is 19.4. The Kier molecular flexibility index (Phi) is 8.54. The molecule has 0 bridgehead atoms. The Hall–Kier alpha value is -4.05. The number of aromatic nitrogens is 3. The highest BCUT2D eigenvalue weighted by molar-refractivity contribution is 5.94. The molecule has 10 heteroatoms. The first kappa shape index (κ1) is 27.5. The quantitative estimate of drug-likeness (QED) is 0.292. The number of nitrogens with one attached hydrogen (secondary N) is 3. The van der Waals surface area contributed by atoms with Crippen molar-refractivity contribution in [2.75, 3.05) is 44.2 Å². The van der Waals surface area contributed by atoms with Crippen LogP contribution in [0.15, 0.2) is 54.7 Å². The molecule has 0 radical (unpaired) electrons. The van der Waals surface area contributed by atoms with Crippen LogP contribution < -0.4 is 10.2 Å². The number of rotatable bonds is 8. The fraction of sp³-hybridized carbons (Fsp3) is 0.400. The molecule has 210 valence electrons. The van der Waals surface area contributed by atoms with Crippen LogP contribution in [0.25, 0.3) is 17.5 Å². The van der Waals surface area contributed by atoms with Gasteiger partial charge >= 0.3 is 0 Å². The molecule has 4 heterocycles. The van der Waals surface area contributed by atoms with E-state index in [9.17, 15) is 9.18 Å². The van der Waals surface area contributed by atoms with Gasteiger partial charge in [-0.05, 0) is 68.7 Å². The number of anilines is 1. The summed E-state index contributed by atoms with van der Waals surface area (Å²) in [4.78, 5) is 31.2. The molecule has 1 aromatic carbocycles. The van der Waals surface area contributed by atoms with Gasteiger partial charge in [0.2, 0.25) is 5.91 Å². The van der Waals surface area contributed by atoms with E-state index in [-0.39, 0.29) is 23.8 Å². The third-order valence-corrected chi connectivity index (χ3v) is 7.31. The molecular weight excluding hydrogens is 507 g/mol. The summed E-state index contributed by atoms with van der Waals surface area (Å²) in [7, 11) is 0. The van der Waals surface area contributed by atoms with Crippen molar-refractivity contribution >= 4 is 23.6 Å². The molecule has 1 unspecified atom stereocenters. The molecule has 2 aliphatic heterocycles. The molecule has 3 aromatic rings. The van der Waals surface area contributed by atoms with Crippen molar-refractivity contribution in [3.05, 3.63) is 71.9 Å². The third-order valence-electron chi connectivity index (χ3n) is 7.31. The number of benzene rings is 1. The number of nitrogens with zero attached hydrogens (tertiary/aromatic N) is 5. The molecule has 9 nitrogen and oxygen atoms in total. The molecule has 1 atom stereocenters. The van der Waals surface area contributed by atoms with Crippen LogP contribution in [0.1, 0.15) is 44.1 Å². The number of H-pyrrole nitrogens is 1. The van der Waals surface area contributed by atoms with Crippen LogP contribution in [0.2, 0.25) is 0 Å². The minimum absolute atomic E-state index is 0.00557. The summed E-state index contributed by atoms with van der Waals surface area (Å²) in [6.07, 6.45) is 7.16. The number of halogens is 1. The molecule has 0 aliphatic carbocycles. The summed E-state index contributed by atoms with van der Waals surface area (Å²) < 4.78 is 13.8. The van der Waals surface area contributed by atoms with E-state index in [1.807, 2.05) is 43.0 Å². The standard InChI is InChI=1S/C30H37FN8O/c1-21(2)34-30(40)20-37-14-16-38(17-15-37)29-10-4-8-24(36-29)25-19-33-28(35-25)12-11-27(32)39-13-5-9-26(39)22-6-3-7-23(31)18-22/h3-4,6-8,10-12,18-19,21,26,32H,5,9,13-17,20H2,1-2H3,(H,33,35)(H,34,40)/b12-11-,32-27?. The number of amides is 1. The first-order valence-electron chi connectivity index (χ1n) is 13.9. The normalized spacial score (nSPS) is 18.1. The van der Waals surface area contributed by atoms with Gasteiger partial charge < -0.3 is 20.1 Å². The zero-order chi connectivity index (χ0) is 28.1. The molecule has 2 aromatic heterocycles. The monoisotopic (exact) mass is 544 g/mol. The number of hydrogen-bond donors (Lipinski definition) is 3. The average Bonchev–Trinajstić information content (AvgIpc) is 3.62. The number of aromatic amines is 1. The fourth-order valence-electron chi connectivity index (χ4n) is 5.38. The molecule has 0 saturated carbocycles. The van der Waals surface area contributed by atoms with Crippen LogP contribution in [-0.2, 0) is 4.79 Å². The van der Waals surface area contributed by atoms with Gasteiger partial charge in [-0.1, -0.05) is 18.2 Å². The molecule has 2 saturated heterocycles. The topological polar surface area (TPSA) is 104 Å². The van der Waals surface area contributed by atoms with Crippen LogP contribution in [0.3, 0.4) is 0 Å². The van der Waals surface area contributed by atoms with E-state index in [1.165, 1.54) is 6.07 Å². The van der Waals surface area contributed by atoms with Gasteiger partial charge in [0, 0.05) is 38.8 Å². The Morgan fingerprint density at radius 1 is 1.18 bits per heavy atom. The molecular formula is C30H37FN8O. The highest BCUT2D eigenvalue weighted by Crippen LogP contribution is 2.32. The van der Waals surface area contributed by atoms with Crippen molar-refractivity contribution in [1.82, 2.24) is 30.1 Å². The lowest BCUT2D eigenvalue weighted by molar-refractivity contribution is -0.122. The van der Waals surface area contributed by atoms with Gasteiger partial charge in [0.1, 0.15) is 23.3 Å². The number of carbonyl (C=O) groups is 1. The molecule has 3 N–H and O–H groups in total. The van der Waals surface area contributed by atoms with E-state index in [0.29, 0.717) is 18.2 Å². The van der Waals surface area contributed by atoms with Crippen molar-refractivity contribution in [2.45, 2.75) is 38.8 Å². The first-order valence-corrected chi connectivity index (χ1v) is 13.9. The minimum Gasteiger partial charge on any atom is -0.354 e. The van der Waals surface area contributed by atoms with Gasteiger partial charge in [-0.15, -0.1) is 0 Å². The van der Waals surface area contributed by atoms with Gasteiger partial charge in [-0.2, -0.15) is 0 Å². The van der Waals surface area contributed by atoms with Crippen molar-refractivity contribution in [1.29, 1.82) is 5.41 Å². The number of imidazole rings is 1. The number of pyridine rings is 1. The second-order valence-electron chi connectivity index (χ2n) is 10.7. The summed E-state index contributed by atoms with van der Waals surface area (Å²) in [5, 5.41) is 11.6. The second-order valence-corrected chi connectivity index (χ2v) is 10.7. The van der Waals surface area contributed by atoms with E-state index in [4.69, 9.17) is 10.4 Å². The maximum atomic E-state index is 13.8. The van der Waals surface area contributed by atoms with Gasteiger partial charge in [0.05, 0.1) is 30.2 Å². The number of amidine groups is 1. The van der Waals surface area contributed by atoms with Crippen molar-refractivity contribution in [3.63, 3.8) is 0 Å². The number of hydrogen-bond acceptors (Lipinski definition) is 6. The summed E-state index contributed by atoms with van der Waals surface area (Å²) in [6.45, 7) is 8.35. The summed E-state index contributed by atoms with van der Waals surface area (Å²) in [6, 6.07) is 12.8. The molecule has 40 heavy (non-hydrogen) atoms. The highest BCUT2D eigenvalue weighted by atomic mass is 19.1. The second kappa shape index (κ2) is 12.4. The van der Waals surface area contributed by atoms with Crippen molar-refractivity contribution in [2.24, 2.45) is 0 Å². The van der Waals surface area contributed by atoms with E-state index < -0.39 is 0 Å². The van der Waals surface area contributed by atoms with E-state index >= 15 is 0 Å². The predicted octanol–water partition coefficient (Wildman–Crippen LogP) is 4.08. The lowest BCUT2D eigenvalue weighted by atomic mass is 10.0. The van der Waals surface area contributed by atoms with Crippen LogP contribution in [0, 0.1) is 11.2 Å². The summed E-state index contributed by atoms with van der Waals surface area (Å²) in [5.74, 6) is 1.73. The molecule has 2 aliphatic rings. The fourth-order valence-corrected chi connectivity index (χ4v) is 5.38.